The highest BCUT2D eigenvalue weighted by molar-refractivity contribution is 6.76. The third kappa shape index (κ3) is 6.88. The van der Waals surface area contributed by atoms with E-state index in [0.717, 1.165) is 31.5 Å². The average Bonchev–Trinajstić information content (AvgIpc) is 2.30. The zero-order chi connectivity index (χ0) is 14.3. The molecule has 1 aromatic carbocycles. The fourth-order valence-electron chi connectivity index (χ4n) is 2.54. The minimum absolute atomic E-state index is 0.0569. The van der Waals surface area contributed by atoms with Crippen molar-refractivity contribution >= 4 is 8.07 Å². The van der Waals surface area contributed by atoms with E-state index in [2.05, 4.69) is 31.9 Å². The van der Waals surface area contributed by atoms with E-state index in [9.17, 15) is 4.39 Å². The molecule has 3 heteroatoms. The maximum Gasteiger partial charge on any atom is 0.126 e. The Morgan fingerprint density at radius 1 is 1.21 bits per heavy atom. The zero-order valence-corrected chi connectivity index (χ0v) is 13.8. The minimum atomic E-state index is -1.11. The van der Waals surface area contributed by atoms with Crippen LogP contribution in [0.4, 0.5) is 4.39 Å². The Labute approximate surface area is 118 Å². The van der Waals surface area contributed by atoms with Crippen molar-refractivity contribution in [3.63, 3.8) is 0 Å². The topological polar surface area (TPSA) is 12.0 Å². The fraction of sp³-hybridized carbons (Fsp3) is 0.625. The highest BCUT2D eigenvalue weighted by atomic mass is 28.3. The number of halogens is 1. The van der Waals surface area contributed by atoms with Gasteiger partial charge in [-0.3, -0.25) is 0 Å². The molecule has 1 atom stereocenters. The van der Waals surface area contributed by atoms with Crippen molar-refractivity contribution in [3.8, 4) is 0 Å². The first-order valence-corrected chi connectivity index (χ1v) is 11.1. The number of nitrogens with one attached hydrogen (secondary N) is 1. The Morgan fingerprint density at radius 2 is 1.89 bits per heavy atom. The second-order valence-electron chi connectivity index (χ2n) is 6.63. The first-order valence-electron chi connectivity index (χ1n) is 7.36. The molecule has 108 valence electrons. The summed E-state index contributed by atoms with van der Waals surface area (Å²) < 4.78 is 13.8. The van der Waals surface area contributed by atoms with Crippen LogP contribution in [0.1, 0.15) is 18.9 Å². The first kappa shape index (κ1) is 16.4. The van der Waals surface area contributed by atoms with Crippen molar-refractivity contribution < 1.29 is 4.39 Å². The Kier molecular flexibility index (Phi) is 6.73. The molecule has 1 N–H and O–H groups in total. The lowest BCUT2D eigenvalue weighted by Crippen LogP contribution is -2.32. The highest BCUT2D eigenvalue weighted by Crippen LogP contribution is 2.21. The summed E-state index contributed by atoms with van der Waals surface area (Å²) in [7, 11) is -1.11. The van der Waals surface area contributed by atoms with Crippen molar-refractivity contribution in [1.29, 1.82) is 0 Å². The van der Waals surface area contributed by atoms with Crippen LogP contribution in [-0.2, 0) is 6.42 Å². The molecule has 0 bridgehead atoms. The summed E-state index contributed by atoms with van der Waals surface area (Å²) in [6.45, 7) is 11.4. The molecular weight excluding hydrogens is 253 g/mol. The molecule has 0 amide bonds. The largest absolute Gasteiger partial charge is 0.316 e. The van der Waals surface area contributed by atoms with Gasteiger partial charge >= 0.3 is 0 Å². The molecule has 1 rings (SSSR count). The van der Waals surface area contributed by atoms with E-state index in [1.54, 1.807) is 12.1 Å². The monoisotopic (exact) mass is 281 g/mol. The van der Waals surface area contributed by atoms with Gasteiger partial charge in [0.15, 0.2) is 0 Å². The molecule has 0 radical (unpaired) electrons. The third-order valence-electron chi connectivity index (χ3n) is 3.23. The molecule has 1 aromatic rings. The molecule has 0 spiro atoms. The van der Waals surface area contributed by atoms with Crippen LogP contribution >= 0.6 is 0 Å². The maximum absolute atomic E-state index is 13.8. The Balaban J connectivity index is 2.65. The van der Waals surface area contributed by atoms with Crippen LogP contribution in [0.5, 0.6) is 0 Å². The molecule has 0 heterocycles. The van der Waals surface area contributed by atoms with E-state index >= 15 is 0 Å². The molecule has 0 aliphatic carbocycles. The Bertz CT molecular complexity index is 373. The normalized spacial score (nSPS) is 13.5. The minimum Gasteiger partial charge on any atom is -0.316 e. The second kappa shape index (κ2) is 7.80. The van der Waals surface area contributed by atoms with Gasteiger partial charge in [-0.25, -0.2) is 4.39 Å². The predicted octanol–water partition coefficient (Wildman–Crippen LogP) is 4.32. The molecule has 0 fully saturated rings. The van der Waals surface area contributed by atoms with Crippen LogP contribution in [0.2, 0.25) is 25.7 Å². The van der Waals surface area contributed by atoms with Gasteiger partial charge in [0.1, 0.15) is 5.82 Å². The number of rotatable bonds is 8. The van der Waals surface area contributed by atoms with E-state index in [0.29, 0.717) is 5.92 Å². The van der Waals surface area contributed by atoms with Gasteiger partial charge in [0.2, 0.25) is 0 Å². The smallest absolute Gasteiger partial charge is 0.126 e. The van der Waals surface area contributed by atoms with Crippen LogP contribution in [-0.4, -0.2) is 21.2 Å². The molecule has 0 aromatic heterocycles. The first-order chi connectivity index (χ1) is 8.92. The maximum atomic E-state index is 13.8. The lowest BCUT2D eigenvalue weighted by molar-refractivity contribution is 0.492. The van der Waals surface area contributed by atoms with Gasteiger partial charge in [-0.2, -0.15) is 0 Å². The molecular formula is C16H28FNSi. The van der Waals surface area contributed by atoms with Gasteiger partial charge in [0.25, 0.3) is 0 Å². The van der Waals surface area contributed by atoms with E-state index in [-0.39, 0.29) is 5.82 Å². The summed E-state index contributed by atoms with van der Waals surface area (Å²) in [4.78, 5) is 0. The quantitative estimate of drug-likeness (QED) is 0.552. The van der Waals surface area contributed by atoms with Gasteiger partial charge in [-0.1, -0.05) is 50.8 Å². The molecule has 0 saturated carbocycles. The van der Waals surface area contributed by atoms with Crippen molar-refractivity contribution in [2.45, 2.75) is 45.5 Å². The van der Waals surface area contributed by atoms with Crippen LogP contribution < -0.4 is 5.32 Å². The SMILES string of the molecule is CCCNCC(Cc1ccccc1F)C[Si](C)(C)C. The zero-order valence-electron chi connectivity index (χ0n) is 12.8. The summed E-state index contributed by atoms with van der Waals surface area (Å²) in [5.41, 5.74) is 0.865. The lowest BCUT2D eigenvalue weighted by Gasteiger charge is -2.25. The van der Waals surface area contributed by atoms with E-state index in [4.69, 9.17) is 0 Å². The van der Waals surface area contributed by atoms with Crippen LogP contribution in [0.15, 0.2) is 24.3 Å². The molecule has 0 saturated heterocycles. The van der Waals surface area contributed by atoms with Crippen LogP contribution in [0.3, 0.4) is 0 Å². The Hall–Kier alpha value is -0.673. The van der Waals surface area contributed by atoms with Gasteiger partial charge < -0.3 is 5.32 Å². The summed E-state index contributed by atoms with van der Waals surface area (Å²) in [5.74, 6) is 0.494. The van der Waals surface area contributed by atoms with E-state index in [1.807, 2.05) is 12.1 Å². The summed E-state index contributed by atoms with van der Waals surface area (Å²) in [5, 5.41) is 3.50. The van der Waals surface area contributed by atoms with Gasteiger partial charge in [-0.15, -0.1) is 0 Å². The molecule has 0 aliphatic heterocycles. The van der Waals surface area contributed by atoms with E-state index < -0.39 is 8.07 Å². The van der Waals surface area contributed by atoms with Crippen molar-refractivity contribution in [2.75, 3.05) is 13.1 Å². The third-order valence-corrected chi connectivity index (χ3v) is 5.03. The van der Waals surface area contributed by atoms with Gasteiger partial charge in [0.05, 0.1) is 0 Å². The van der Waals surface area contributed by atoms with Crippen molar-refractivity contribution in [3.05, 3.63) is 35.6 Å². The van der Waals surface area contributed by atoms with Crippen molar-refractivity contribution in [2.24, 2.45) is 5.92 Å². The number of hydrogen-bond acceptors (Lipinski definition) is 1. The second-order valence-corrected chi connectivity index (χ2v) is 12.2. The Morgan fingerprint density at radius 3 is 2.47 bits per heavy atom. The summed E-state index contributed by atoms with van der Waals surface area (Å²) in [6, 6.07) is 8.44. The van der Waals surface area contributed by atoms with Crippen LogP contribution in [0.25, 0.3) is 0 Å². The number of hydrogen-bond donors (Lipinski definition) is 1. The molecule has 19 heavy (non-hydrogen) atoms. The molecule has 1 nitrogen and oxygen atoms in total. The highest BCUT2D eigenvalue weighted by Gasteiger charge is 2.21. The summed E-state index contributed by atoms with van der Waals surface area (Å²) >= 11 is 0. The average molecular weight is 281 g/mol. The molecule has 1 unspecified atom stereocenters. The van der Waals surface area contributed by atoms with Gasteiger partial charge in [0, 0.05) is 8.07 Å². The number of benzene rings is 1. The van der Waals surface area contributed by atoms with E-state index in [1.165, 1.54) is 6.04 Å². The lowest BCUT2D eigenvalue weighted by atomic mass is 10.0. The van der Waals surface area contributed by atoms with Crippen LogP contribution in [0, 0.1) is 11.7 Å². The standard InChI is InChI=1S/C16H28FNSi/c1-5-10-18-12-14(13-19(2,3)4)11-15-8-6-7-9-16(15)17/h6-9,14,18H,5,10-13H2,1-4H3. The fourth-order valence-corrected chi connectivity index (χ4v) is 4.56. The predicted molar refractivity (Wildman–Crippen MR) is 84.9 cm³/mol. The van der Waals surface area contributed by atoms with Gasteiger partial charge in [-0.05, 0) is 43.5 Å². The molecule has 0 aliphatic rings. The van der Waals surface area contributed by atoms with Crippen molar-refractivity contribution in [1.82, 2.24) is 5.32 Å². The summed E-state index contributed by atoms with van der Waals surface area (Å²) in [6.07, 6.45) is 2.01.